The van der Waals surface area contributed by atoms with Crippen LogP contribution in [-0.4, -0.2) is 75.4 Å². The number of ether oxygens (including phenoxy) is 1. The second-order valence-electron chi connectivity index (χ2n) is 5.35. The van der Waals surface area contributed by atoms with Crippen LogP contribution in [0.5, 0.6) is 0 Å². The largest absolute Gasteiger partial charge is 0.380 e. The first-order valence-corrected chi connectivity index (χ1v) is 7.45. The molecule has 1 aliphatic rings. The third-order valence-corrected chi connectivity index (χ3v) is 3.71. The fraction of sp³-hybridized carbons (Fsp3) is 1.00. The fourth-order valence-corrected chi connectivity index (χ4v) is 2.18. The van der Waals surface area contributed by atoms with E-state index in [1.54, 1.807) is 0 Å². The number of unbranched alkanes of at least 4 members (excludes halogenated alkanes) is 1. The Morgan fingerprint density at radius 3 is 2.78 bits per heavy atom. The fourth-order valence-electron chi connectivity index (χ4n) is 2.18. The molecule has 0 bridgehead atoms. The molecule has 0 aromatic rings. The summed E-state index contributed by atoms with van der Waals surface area (Å²) in [6.45, 7) is 13.1. The summed E-state index contributed by atoms with van der Waals surface area (Å²) in [5.41, 5.74) is 0. The molecule has 0 saturated carbocycles. The highest BCUT2D eigenvalue weighted by Crippen LogP contribution is 2.05. The lowest BCUT2D eigenvalue weighted by molar-refractivity contribution is 0.103. The minimum Gasteiger partial charge on any atom is -0.380 e. The molecule has 0 aromatic heterocycles. The van der Waals surface area contributed by atoms with Crippen molar-refractivity contribution in [2.24, 2.45) is 0 Å². The van der Waals surface area contributed by atoms with E-state index in [2.05, 4.69) is 36.0 Å². The molecule has 1 heterocycles. The number of nitrogens with one attached hydrogen (secondary N) is 1. The van der Waals surface area contributed by atoms with Gasteiger partial charge < -0.3 is 15.0 Å². The van der Waals surface area contributed by atoms with Gasteiger partial charge in [0, 0.05) is 51.9 Å². The molecule has 0 amide bonds. The molecule has 108 valence electrons. The quantitative estimate of drug-likeness (QED) is 0.624. The summed E-state index contributed by atoms with van der Waals surface area (Å²) in [6, 6.07) is 0.691. The molecule has 0 aromatic carbocycles. The Morgan fingerprint density at radius 1 is 1.22 bits per heavy atom. The van der Waals surface area contributed by atoms with Gasteiger partial charge in [-0.3, -0.25) is 4.90 Å². The van der Waals surface area contributed by atoms with E-state index in [-0.39, 0.29) is 0 Å². The van der Waals surface area contributed by atoms with E-state index in [1.165, 1.54) is 32.5 Å². The van der Waals surface area contributed by atoms with Crippen LogP contribution in [0.1, 0.15) is 26.7 Å². The van der Waals surface area contributed by atoms with Gasteiger partial charge in [0.15, 0.2) is 0 Å². The highest BCUT2D eigenvalue weighted by molar-refractivity contribution is 4.76. The second-order valence-corrected chi connectivity index (χ2v) is 5.35. The Morgan fingerprint density at radius 2 is 2.06 bits per heavy atom. The standard InChI is InChI=1S/C14H31N3O/c1-4-5-11-18-12-7-15-6-8-17-10-9-16(3)14(2)13-17/h14-15H,4-13H2,1-3H3. The normalized spacial score (nSPS) is 22.5. The van der Waals surface area contributed by atoms with Crippen molar-refractivity contribution < 1.29 is 4.74 Å². The van der Waals surface area contributed by atoms with Gasteiger partial charge in [0.2, 0.25) is 0 Å². The molecule has 1 unspecified atom stereocenters. The molecule has 0 aliphatic carbocycles. The van der Waals surface area contributed by atoms with E-state index in [0.717, 1.165) is 32.8 Å². The summed E-state index contributed by atoms with van der Waals surface area (Å²) < 4.78 is 5.51. The molecule has 1 atom stereocenters. The maximum atomic E-state index is 5.51. The van der Waals surface area contributed by atoms with Crippen molar-refractivity contribution >= 4 is 0 Å². The summed E-state index contributed by atoms with van der Waals surface area (Å²) in [4.78, 5) is 4.99. The van der Waals surface area contributed by atoms with Crippen LogP contribution in [-0.2, 0) is 4.74 Å². The SMILES string of the molecule is CCCCOCCNCCN1CCN(C)C(C)C1. The molecule has 1 aliphatic heterocycles. The zero-order chi connectivity index (χ0) is 13.2. The van der Waals surface area contributed by atoms with E-state index in [4.69, 9.17) is 4.74 Å². The van der Waals surface area contributed by atoms with Crippen LogP contribution >= 0.6 is 0 Å². The number of nitrogens with zero attached hydrogens (tertiary/aromatic N) is 2. The van der Waals surface area contributed by atoms with Crippen molar-refractivity contribution in [1.29, 1.82) is 0 Å². The Bertz CT molecular complexity index is 201. The molecule has 0 spiro atoms. The summed E-state index contributed by atoms with van der Waals surface area (Å²) >= 11 is 0. The van der Waals surface area contributed by atoms with Crippen molar-refractivity contribution in [2.45, 2.75) is 32.7 Å². The molecular formula is C14H31N3O. The Hall–Kier alpha value is -0.160. The van der Waals surface area contributed by atoms with E-state index >= 15 is 0 Å². The smallest absolute Gasteiger partial charge is 0.0590 e. The van der Waals surface area contributed by atoms with Crippen molar-refractivity contribution in [3.8, 4) is 0 Å². The van der Waals surface area contributed by atoms with E-state index in [1.807, 2.05) is 0 Å². The first kappa shape index (κ1) is 15.9. The van der Waals surface area contributed by atoms with Gasteiger partial charge in [0.25, 0.3) is 0 Å². The molecule has 0 radical (unpaired) electrons. The van der Waals surface area contributed by atoms with Crippen LogP contribution in [0.3, 0.4) is 0 Å². The number of hydrogen-bond acceptors (Lipinski definition) is 4. The van der Waals surface area contributed by atoms with Gasteiger partial charge in [-0.1, -0.05) is 13.3 Å². The van der Waals surface area contributed by atoms with Gasteiger partial charge in [-0.05, 0) is 20.4 Å². The molecule has 1 saturated heterocycles. The van der Waals surface area contributed by atoms with E-state index in [9.17, 15) is 0 Å². The Kier molecular flexibility index (Phi) is 8.59. The third-order valence-electron chi connectivity index (χ3n) is 3.71. The highest BCUT2D eigenvalue weighted by atomic mass is 16.5. The average Bonchev–Trinajstić information content (AvgIpc) is 2.37. The number of likely N-dealkylation sites (N-methyl/N-ethyl adjacent to an activating group) is 1. The Balaban J connectivity index is 1.89. The van der Waals surface area contributed by atoms with E-state index in [0.29, 0.717) is 6.04 Å². The zero-order valence-corrected chi connectivity index (χ0v) is 12.5. The zero-order valence-electron chi connectivity index (χ0n) is 12.5. The van der Waals surface area contributed by atoms with Gasteiger partial charge in [-0.25, -0.2) is 0 Å². The first-order chi connectivity index (χ1) is 8.74. The summed E-state index contributed by atoms with van der Waals surface area (Å²) in [5, 5.41) is 3.46. The minimum absolute atomic E-state index is 0.691. The lowest BCUT2D eigenvalue weighted by atomic mass is 10.2. The van der Waals surface area contributed by atoms with Gasteiger partial charge in [0.05, 0.1) is 6.61 Å². The lowest BCUT2D eigenvalue weighted by Gasteiger charge is -2.37. The van der Waals surface area contributed by atoms with Crippen LogP contribution < -0.4 is 5.32 Å². The molecule has 1 fully saturated rings. The van der Waals surface area contributed by atoms with Crippen molar-refractivity contribution in [2.75, 3.05) is 59.5 Å². The number of hydrogen-bond donors (Lipinski definition) is 1. The van der Waals surface area contributed by atoms with E-state index < -0.39 is 0 Å². The monoisotopic (exact) mass is 257 g/mol. The molecule has 4 heteroatoms. The maximum absolute atomic E-state index is 5.51. The van der Waals surface area contributed by atoms with Crippen LogP contribution in [0.15, 0.2) is 0 Å². The minimum atomic E-state index is 0.691. The van der Waals surface area contributed by atoms with Gasteiger partial charge in [-0.15, -0.1) is 0 Å². The van der Waals surface area contributed by atoms with Crippen LogP contribution in [0.2, 0.25) is 0 Å². The summed E-state index contributed by atoms with van der Waals surface area (Å²) in [7, 11) is 2.22. The van der Waals surface area contributed by atoms with Crippen molar-refractivity contribution in [3.63, 3.8) is 0 Å². The lowest BCUT2D eigenvalue weighted by Crippen LogP contribution is -2.51. The van der Waals surface area contributed by atoms with Crippen LogP contribution in [0, 0.1) is 0 Å². The van der Waals surface area contributed by atoms with Gasteiger partial charge in [0.1, 0.15) is 0 Å². The number of rotatable bonds is 9. The van der Waals surface area contributed by atoms with Crippen LogP contribution in [0.4, 0.5) is 0 Å². The summed E-state index contributed by atoms with van der Waals surface area (Å²) in [5.74, 6) is 0. The predicted molar refractivity (Wildman–Crippen MR) is 77.1 cm³/mol. The summed E-state index contributed by atoms with van der Waals surface area (Å²) in [6.07, 6.45) is 2.40. The molecule has 1 rings (SSSR count). The maximum Gasteiger partial charge on any atom is 0.0590 e. The van der Waals surface area contributed by atoms with Gasteiger partial charge >= 0.3 is 0 Å². The second kappa shape index (κ2) is 9.73. The predicted octanol–water partition coefficient (Wildman–Crippen LogP) is 1.03. The van der Waals surface area contributed by atoms with Gasteiger partial charge in [-0.2, -0.15) is 0 Å². The molecule has 18 heavy (non-hydrogen) atoms. The van der Waals surface area contributed by atoms with Crippen molar-refractivity contribution in [3.05, 3.63) is 0 Å². The molecular weight excluding hydrogens is 226 g/mol. The molecule has 1 N–H and O–H groups in total. The Labute approximate surface area is 113 Å². The van der Waals surface area contributed by atoms with Crippen LogP contribution in [0.25, 0.3) is 0 Å². The first-order valence-electron chi connectivity index (χ1n) is 7.45. The molecule has 4 nitrogen and oxygen atoms in total. The average molecular weight is 257 g/mol. The highest BCUT2D eigenvalue weighted by Gasteiger charge is 2.19. The third kappa shape index (κ3) is 6.69. The van der Waals surface area contributed by atoms with Crippen molar-refractivity contribution in [1.82, 2.24) is 15.1 Å². The topological polar surface area (TPSA) is 27.7 Å². The number of piperazine rings is 1.